The quantitative estimate of drug-likeness (QED) is 0.635. The highest BCUT2D eigenvalue weighted by molar-refractivity contribution is 7.99. The lowest BCUT2D eigenvalue weighted by atomic mass is 10.2. The maximum atomic E-state index is 12.2. The Morgan fingerprint density at radius 2 is 1.82 bits per heavy atom. The van der Waals surface area contributed by atoms with Crippen molar-refractivity contribution in [3.8, 4) is 11.5 Å². The van der Waals surface area contributed by atoms with E-state index in [1.54, 1.807) is 24.5 Å². The number of amides is 1. The summed E-state index contributed by atoms with van der Waals surface area (Å²) in [5, 5.41) is 11.2. The molecule has 0 saturated carbocycles. The number of anilines is 2. The molecule has 28 heavy (non-hydrogen) atoms. The van der Waals surface area contributed by atoms with Gasteiger partial charge in [0.25, 0.3) is 5.22 Å². The van der Waals surface area contributed by atoms with E-state index < -0.39 is 0 Å². The second kappa shape index (κ2) is 8.85. The molecule has 8 nitrogen and oxygen atoms in total. The zero-order valence-corrected chi connectivity index (χ0v) is 15.9. The van der Waals surface area contributed by atoms with Crippen molar-refractivity contribution in [3.05, 3.63) is 48.8 Å². The highest BCUT2D eigenvalue weighted by atomic mass is 32.2. The van der Waals surface area contributed by atoms with Crippen LogP contribution in [-0.4, -0.2) is 53.1 Å². The van der Waals surface area contributed by atoms with Crippen molar-refractivity contribution in [1.29, 1.82) is 0 Å². The number of ether oxygens (including phenoxy) is 1. The van der Waals surface area contributed by atoms with Crippen LogP contribution in [-0.2, 0) is 9.53 Å². The second-order valence-electron chi connectivity index (χ2n) is 6.09. The number of carbonyl (C=O) groups is 1. The number of benzene rings is 1. The molecule has 1 fully saturated rings. The lowest BCUT2D eigenvalue weighted by molar-refractivity contribution is -0.113. The molecule has 1 amide bonds. The first-order valence-electron chi connectivity index (χ1n) is 8.87. The molecule has 0 bridgehead atoms. The normalized spacial score (nSPS) is 14.1. The Balaban J connectivity index is 1.28. The lowest BCUT2D eigenvalue weighted by Crippen LogP contribution is -2.36. The second-order valence-corrected chi connectivity index (χ2v) is 7.02. The number of morpholine rings is 1. The van der Waals surface area contributed by atoms with Crippen LogP contribution in [0, 0.1) is 0 Å². The Morgan fingerprint density at radius 1 is 1.07 bits per heavy atom. The summed E-state index contributed by atoms with van der Waals surface area (Å²) in [6.45, 7) is 3.25. The molecule has 0 atom stereocenters. The summed E-state index contributed by atoms with van der Waals surface area (Å²) in [6.07, 6.45) is 3.31. The number of hydrogen-bond donors (Lipinski definition) is 1. The SMILES string of the molecule is O=C(CSc1nnc(-c2ccncc2)o1)Nc1ccc(N2CCOCC2)cc1. The molecule has 3 aromatic rings. The Labute approximate surface area is 166 Å². The van der Waals surface area contributed by atoms with Gasteiger partial charge < -0.3 is 19.4 Å². The first-order chi connectivity index (χ1) is 13.8. The fraction of sp³-hybridized carbons (Fsp3) is 0.263. The van der Waals surface area contributed by atoms with Gasteiger partial charge in [0, 0.05) is 42.4 Å². The van der Waals surface area contributed by atoms with Gasteiger partial charge in [-0.1, -0.05) is 11.8 Å². The minimum atomic E-state index is -0.132. The van der Waals surface area contributed by atoms with E-state index in [2.05, 4.69) is 25.4 Å². The predicted octanol–water partition coefficient (Wildman–Crippen LogP) is 2.70. The molecule has 9 heteroatoms. The van der Waals surface area contributed by atoms with Crippen molar-refractivity contribution in [1.82, 2.24) is 15.2 Å². The minimum Gasteiger partial charge on any atom is -0.411 e. The minimum absolute atomic E-state index is 0.132. The van der Waals surface area contributed by atoms with Gasteiger partial charge in [-0.25, -0.2) is 0 Å². The van der Waals surface area contributed by atoms with Gasteiger partial charge in [-0.3, -0.25) is 9.78 Å². The van der Waals surface area contributed by atoms with Crippen LogP contribution < -0.4 is 10.2 Å². The largest absolute Gasteiger partial charge is 0.411 e. The Morgan fingerprint density at radius 3 is 2.57 bits per heavy atom. The van der Waals surface area contributed by atoms with Gasteiger partial charge in [-0.2, -0.15) is 0 Å². The molecule has 0 unspecified atom stereocenters. The monoisotopic (exact) mass is 397 g/mol. The fourth-order valence-electron chi connectivity index (χ4n) is 2.78. The van der Waals surface area contributed by atoms with Crippen molar-refractivity contribution >= 4 is 29.0 Å². The molecular weight excluding hydrogens is 378 g/mol. The van der Waals surface area contributed by atoms with E-state index in [9.17, 15) is 4.79 Å². The van der Waals surface area contributed by atoms with Crippen LogP contribution in [0.5, 0.6) is 0 Å². The van der Waals surface area contributed by atoms with Crippen molar-refractivity contribution in [3.63, 3.8) is 0 Å². The zero-order valence-electron chi connectivity index (χ0n) is 15.1. The molecule has 1 aromatic carbocycles. The number of nitrogens with one attached hydrogen (secondary N) is 1. The van der Waals surface area contributed by atoms with Crippen LogP contribution in [0.2, 0.25) is 0 Å². The number of pyridine rings is 1. The molecule has 1 aliphatic heterocycles. The zero-order chi connectivity index (χ0) is 19.2. The summed E-state index contributed by atoms with van der Waals surface area (Å²) in [5.41, 5.74) is 2.68. The third-order valence-electron chi connectivity index (χ3n) is 4.19. The predicted molar refractivity (Wildman–Crippen MR) is 106 cm³/mol. The number of thioether (sulfide) groups is 1. The molecule has 0 aliphatic carbocycles. The average Bonchev–Trinajstić information content (AvgIpc) is 3.23. The number of carbonyl (C=O) groups excluding carboxylic acids is 1. The van der Waals surface area contributed by atoms with Gasteiger partial charge >= 0.3 is 0 Å². The lowest BCUT2D eigenvalue weighted by Gasteiger charge is -2.28. The molecule has 2 aromatic heterocycles. The highest BCUT2D eigenvalue weighted by Crippen LogP contribution is 2.23. The Hall–Kier alpha value is -2.91. The van der Waals surface area contributed by atoms with Crippen LogP contribution in [0.3, 0.4) is 0 Å². The molecule has 3 heterocycles. The van der Waals surface area contributed by atoms with Crippen molar-refractivity contribution in [2.75, 3.05) is 42.3 Å². The van der Waals surface area contributed by atoms with Crippen molar-refractivity contribution in [2.45, 2.75) is 5.22 Å². The number of nitrogens with zero attached hydrogens (tertiary/aromatic N) is 4. The molecular formula is C19H19N5O3S. The summed E-state index contributed by atoms with van der Waals surface area (Å²) < 4.78 is 10.9. The van der Waals surface area contributed by atoms with Gasteiger partial charge in [0.15, 0.2) is 0 Å². The van der Waals surface area contributed by atoms with Crippen LogP contribution in [0.1, 0.15) is 0 Å². The van der Waals surface area contributed by atoms with Gasteiger partial charge in [0.2, 0.25) is 11.8 Å². The fourth-order valence-corrected chi connectivity index (χ4v) is 3.34. The maximum Gasteiger partial charge on any atom is 0.277 e. The summed E-state index contributed by atoms with van der Waals surface area (Å²) in [6, 6.07) is 11.4. The van der Waals surface area contributed by atoms with E-state index in [0.717, 1.165) is 43.2 Å². The van der Waals surface area contributed by atoms with Gasteiger partial charge in [0.05, 0.1) is 19.0 Å². The summed E-state index contributed by atoms with van der Waals surface area (Å²) in [5.74, 6) is 0.459. The standard InChI is InChI=1S/C19H19N5O3S/c25-17(13-28-19-23-22-18(27-19)14-5-7-20-8-6-14)21-15-1-3-16(4-2-15)24-9-11-26-12-10-24/h1-8H,9-13H2,(H,21,25). The summed E-state index contributed by atoms with van der Waals surface area (Å²) in [4.78, 5) is 18.4. The molecule has 1 N–H and O–H groups in total. The van der Waals surface area contributed by atoms with E-state index in [1.165, 1.54) is 11.8 Å². The van der Waals surface area contributed by atoms with Crippen LogP contribution >= 0.6 is 11.8 Å². The molecule has 1 saturated heterocycles. The first-order valence-corrected chi connectivity index (χ1v) is 9.86. The van der Waals surface area contributed by atoms with Crippen LogP contribution in [0.15, 0.2) is 58.4 Å². The summed E-state index contributed by atoms with van der Waals surface area (Å²) in [7, 11) is 0. The molecule has 0 radical (unpaired) electrons. The Bertz CT molecular complexity index is 911. The van der Waals surface area contributed by atoms with Crippen LogP contribution in [0.25, 0.3) is 11.5 Å². The van der Waals surface area contributed by atoms with E-state index in [0.29, 0.717) is 11.1 Å². The highest BCUT2D eigenvalue weighted by Gasteiger charge is 2.13. The van der Waals surface area contributed by atoms with E-state index in [4.69, 9.17) is 9.15 Å². The molecule has 1 aliphatic rings. The van der Waals surface area contributed by atoms with E-state index in [1.807, 2.05) is 24.3 Å². The topological polar surface area (TPSA) is 93.4 Å². The van der Waals surface area contributed by atoms with E-state index >= 15 is 0 Å². The average molecular weight is 397 g/mol. The third-order valence-corrected chi connectivity index (χ3v) is 5.01. The molecule has 0 spiro atoms. The third kappa shape index (κ3) is 4.68. The Kier molecular flexibility index (Phi) is 5.83. The molecule has 4 rings (SSSR count). The molecule has 144 valence electrons. The number of hydrogen-bond acceptors (Lipinski definition) is 8. The van der Waals surface area contributed by atoms with Gasteiger partial charge in [-0.05, 0) is 36.4 Å². The van der Waals surface area contributed by atoms with Crippen molar-refractivity contribution in [2.24, 2.45) is 0 Å². The summed E-state index contributed by atoms with van der Waals surface area (Å²) >= 11 is 1.20. The van der Waals surface area contributed by atoms with Crippen LogP contribution in [0.4, 0.5) is 11.4 Å². The van der Waals surface area contributed by atoms with E-state index in [-0.39, 0.29) is 11.7 Å². The van der Waals surface area contributed by atoms with Gasteiger partial charge in [-0.15, -0.1) is 10.2 Å². The van der Waals surface area contributed by atoms with Gasteiger partial charge in [0.1, 0.15) is 0 Å². The number of rotatable bonds is 6. The maximum absolute atomic E-state index is 12.2. The smallest absolute Gasteiger partial charge is 0.277 e. The first kappa shape index (κ1) is 18.5. The van der Waals surface area contributed by atoms with Crippen molar-refractivity contribution < 1.29 is 13.9 Å². The number of aromatic nitrogens is 3.